The number of carbonyl (C=O) groups is 1. The van der Waals surface area contributed by atoms with E-state index in [4.69, 9.17) is 0 Å². The topological polar surface area (TPSA) is 66.5 Å². The number of aryl methyl sites for hydroxylation is 2. The third kappa shape index (κ3) is 5.10. The van der Waals surface area contributed by atoms with E-state index < -0.39 is 10.0 Å². The van der Waals surface area contributed by atoms with Crippen LogP contribution >= 0.6 is 0 Å². The molecule has 1 aliphatic heterocycles. The molecule has 1 saturated heterocycles. The van der Waals surface area contributed by atoms with Gasteiger partial charge < -0.3 is 5.32 Å². The van der Waals surface area contributed by atoms with Crippen LogP contribution < -0.4 is 5.32 Å². The molecular weight excluding hydrogens is 396 g/mol. The normalized spacial score (nSPS) is 16.9. The van der Waals surface area contributed by atoms with E-state index >= 15 is 0 Å². The Hall–Kier alpha value is -2.18. The van der Waals surface area contributed by atoms with Crippen LogP contribution in [0.5, 0.6) is 0 Å². The second-order valence-electron chi connectivity index (χ2n) is 8.21. The van der Waals surface area contributed by atoms with Gasteiger partial charge in [-0.2, -0.15) is 4.31 Å². The van der Waals surface area contributed by atoms with Crippen LogP contribution in [0.3, 0.4) is 0 Å². The highest BCUT2D eigenvalue weighted by molar-refractivity contribution is 7.89. The zero-order chi connectivity index (χ0) is 21.7. The van der Waals surface area contributed by atoms with Gasteiger partial charge in [0.05, 0.1) is 10.9 Å². The van der Waals surface area contributed by atoms with Crippen LogP contribution in [0.2, 0.25) is 0 Å². The van der Waals surface area contributed by atoms with E-state index in [1.165, 1.54) is 4.31 Å². The predicted molar refractivity (Wildman–Crippen MR) is 120 cm³/mol. The van der Waals surface area contributed by atoms with Crippen LogP contribution in [0, 0.1) is 19.8 Å². The average Bonchev–Trinajstić information content (AvgIpc) is 2.74. The molecule has 1 N–H and O–H groups in total. The first-order valence-corrected chi connectivity index (χ1v) is 12.2. The number of rotatable bonds is 7. The van der Waals surface area contributed by atoms with E-state index in [9.17, 15) is 13.2 Å². The van der Waals surface area contributed by atoms with E-state index in [2.05, 4.69) is 12.2 Å². The van der Waals surface area contributed by atoms with Gasteiger partial charge in [0.1, 0.15) is 0 Å². The molecule has 0 bridgehead atoms. The molecule has 0 radical (unpaired) electrons. The lowest BCUT2D eigenvalue weighted by molar-refractivity contribution is -0.127. The van der Waals surface area contributed by atoms with E-state index in [1.807, 2.05) is 56.3 Å². The van der Waals surface area contributed by atoms with Gasteiger partial charge in [0.2, 0.25) is 15.9 Å². The molecule has 0 aromatic heterocycles. The summed E-state index contributed by atoms with van der Waals surface area (Å²) >= 11 is 0. The molecule has 2 aromatic carbocycles. The summed E-state index contributed by atoms with van der Waals surface area (Å²) in [5.74, 6) is -0.125. The molecular formula is C24H32N2O3S. The molecule has 1 fully saturated rings. The summed E-state index contributed by atoms with van der Waals surface area (Å²) in [6.45, 7) is 6.64. The van der Waals surface area contributed by atoms with E-state index in [-0.39, 0.29) is 17.9 Å². The molecule has 2 aromatic rings. The van der Waals surface area contributed by atoms with Gasteiger partial charge in [-0.25, -0.2) is 8.42 Å². The largest absolute Gasteiger partial charge is 0.349 e. The summed E-state index contributed by atoms with van der Waals surface area (Å²) in [4.78, 5) is 13.3. The van der Waals surface area contributed by atoms with Crippen LogP contribution in [0.25, 0.3) is 0 Å². The Kier molecular flexibility index (Phi) is 7.32. The molecule has 1 heterocycles. The van der Waals surface area contributed by atoms with Crippen molar-refractivity contribution >= 4 is 15.9 Å². The Labute approximate surface area is 180 Å². The third-order valence-corrected chi connectivity index (χ3v) is 7.93. The van der Waals surface area contributed by atoms with Gasteiger partial charge in [0, 0.05) is 19.0 Å². The van der Waals surface area contributed by atoms with Crippen molar-refractivity contribution < 1.29 is 13.2 Å². The number of benzene rings is 2. The van der Waals surface area contributed by atoms with Crippen molar-refractivity contribution in [1.82, 2.24) is 9.62 Å². The minimum atomic E-state index is -3.53. The molecule has 0 aliphatic carbocycles. The fraction of sp³-hybridized carbons (Fsp3) is 0.458. The molecule has 3 rings (SSSR count). The fourth-order valence-electron chi connectivity index (χ4n) is 4.17. The van der Waals surface area contributed by atoms with Gasteiger partial charge in [-0.1, -0.05) is 61.4 Å². The SMILES string of the molecule is CCCC(NC(=O)C1CCN(S(=O)(=O)c2ccc(C)cc2C)CC1)c1ccccc1. The smallest absolute Gasteiger partial charge is 0.243 e. The number of amides is 1. The molecule has 30 heavy (non-hydrogen) atoms. The van der Waals surface area contributed by atoms with Gasteiger partial charge in [-0.05, 0) is 50.3 Å². The first-order chi connectivity index (χ1) is 14.3. The molecule has 0 spiro atoms. The highest BCUT2D eigenvalue weighted by Gasteiger charge is 2.33. The Bertz CT molecular complexity index is 965. The van der Waals surface area contributed by atoms with Crippen molar-refractivity contribution in [2.45, 2.75) is 57.4 Å². The van der Waals surface area contributed by atoms with Gasteiger partial charge >= 0.3 is 0 Å². The lowest BCUT2D eigenvalue weighted by Gasteiger charge is -2.32. The highest BCUT2D eigenvalue weighted by Crippen LogP contribution is 2.27. The molecule has 5 nitrogen and oxygen atoms in total. The highest BCUT2D eigenvalue weighted by atomic mass is 32.2. The van der Waals surface area contributed by atoms with Crippen molar-refractivity contribution in [3.05, 3.63) is 65.2 Å². The third-order valence-electron chi connectivity index (χ3n) is 5.87. The summed E-state index contributed by atoms with van der Waals surface area (Å²) in [5.41, 5.74) is 2.92. The summed E-state index contributed by atoms with van der Waals surface area (Å²) < 4.78 is 27.7. The summed E-state index contributed by atoms with van der Waals surface area (Å²) in [5, 5.41) is 3.20. The molecule has 0 saturated carbocycles. The maximum Gasteiger partial charge on any atom is 0.243 e. The Balaban J connectivity index is 1.63. The Morgan fingerprint density at radius 2 is 1.77 bits per heavy atom. The average molecular weight is 429 g/mol. The standard InChI is InChI=1S/C24H32N2O3S/c1-4-8-22(20-9-6-5-7-10-20)25-24(27)21-13-15-26(16-14-21)30(28,29)23-12-11-18(2)17-19(23)3/h5-7,9-12,17,21-22H,4,8,13-16H2,1-3H3,(H,25,27). The number of sulfonamides is 1. The zero-order valence-electron chi connectivity index (χ0n) is 18.1. The number of carbonyl (C=O) groups excluding carboxylic acids is 1. The van der Waals surface area contributed by atoms with E-state index in [0.29, 0.717) is 30.8 Å². The van der Waals surface area contributed by atoms with Crippen molar-refractivity contribution in [2.24, 2.45) is 5.92 Å². The maximum atomic E-state index is 13.1. The predicted octanol–water partition coefficient (Wildman–Crippen LogP) is 4.36. The van der Waals surface area contributed by atoms with E-state index in [1.54, 1.807) is 6.07 Å². The van der Waals surface area contributed by atoms with E-state index in [0.717, 1.165) is 29.5 Å². The van der Waals surface area contributed by atoms with Crippen LogP contribution in [0.15, 0.2) is 53.4 Å². The van der Waals surface area contributed by atoms with Gasteiger partial charge in [-0.3, -0.25) is 4.79 Å². The van der Waals surface area contributed by atoms with Crippen molar-refractivity contribution in [1.29, 1.82) is 0 Å². The molecule has 162 valence electrons. The Morgan fingerprint density at radius 3 is 2.37 bits per heavy atom. The summed E-state index contributed by atoms with van der Waals surface area (Å²) in [6, 6.07) is 15.4. The first-order valence-electron chi connectivity index (χ1n) is 10.8. The number of nitrogens with zero attached hydrogens (tertiary/aromatic N) is 1. The van der Waals surface area contributed by atoms with Crippen LogP contribution in [-0.4, -0.2) is 31.7 Å². The van der Waals surface area contributed by atoms with Gasteiger partial charge in [0.25, 0.3) is 0 Å². The monoisotopic (exact) mass is 428 g/mol. The molecule has 1 unspecified atom stereocenters. The minimum absolute atomic E-state index is 0.000621. The molecule has 1 aliphatic rings. The molecule has 6 heteroatoms. The zero-order valence-corrected chi connectivity index (χ0v) is 18.9. The lowest BCUT2D eigenvalue weighted by Crippen LogP contribution is -2.43. The first kappa shape index (κ1) is 22.5. The van der Waals surface area contributed by atoms with Crippen LogP contribution in [0.4, 0.5) is 0 Å². The number of piperidine rings is 1. The van der Waals surface area contributed by atoms with Crippen LogP contribution in [0.1, 0.15) is 55.3 Å². The number of nitrogens with one attached hydrogen (secondary N) is 1. The number of hydrogen-bond acceptors (Lipinski definition) is 3. The Morgan fingerprint density at radius 1 is 1.10 bits per heavy atom. The van der Waals surface area contributed by atoms with Gasteiger partial charge in [-0.15, -0.1) is 0 Å². The van der Waals surface area contributed by atoms with Gasteiger partial charge in [0.15, 0.2) is 0 Å². The second-order valence-corrected chi connectivity index (χ2v) is 10.1. The van der Waals surface area contributed by atoms with Crippen LogP contribution in [-0.2, 0) is 14.8 Å². The lowest BCUT2D eigenvalue weighted by atomic mass is 9.95. The van der Waals surface area contributed by atoms with Crippen molar-refractivity contribution in [3.63, 3.8) is 0 Å². The van der Waals surface area contributed by atoms with Crippen molar-refractivity contribution in [2.75, 3.05) is 13.1 Å². The number of hydrogen-bond donors (Lipinski definition) is 1. The molecule has 1 amide bonds. The quantitative estimate of drug-likeness (QED) is 0.712. The maximum absolute atomic E-state index is 13.1. The minimum Gasteiger partial charge on any atom is -0.349 e. The molecule has 1 atom stereocenters. The fourth-order valence-corrected chi connectivity index (χ4v) is 5.85. The summed E-state index contributed by atoms with van der Waals surface area (Å²) in [6.07, 6.45) is 2.95. The summed E-state index contributed by atoms with van der Waals surface area (Å²) in [7, 11) is -3.53. The second kappa shape index (κ2) is 9.75. The van der Waals surface area contributed by atoms with Crippen molar-refractivity contribution in [3.8, 4) is 0 Å².